The summed E-state index contributed by atoms with van der Waals surface area (Å²) in [6.07, 6.45) is -3.07. The maximum absolute atomic E-state index is 13.3. The third kappa shape index (κ3) is 3.97. The molecular formula is C21H22F3N5O2. The molecule has 5 rings (SSSR count). The van der Waals surface area contributed by atoms with Crippen molar-refractivity contribution in [2.45, 2.75) is 51.3 Å². The third-order valence-electron chi connectivity index (χ3n) is 5.87. The topological polar surface area (TPSA) is 65.2 Å². The Morgan fingerprint density at radius 1 is 1.19 bits per heavy atom. The number of hydrogen-bond donors (Lipinski definition) is 0. The molecular weight excluding hydrogens is 411 g/mol. The van der Waals surface area contributed by atoms with Crippen LogP contribution in [0.25, 0.3) is 10.9 Å². The summed E-state index contributed by atoms with van der Waals surface area (Å²) in [6.45, 7) is 1.66. The van der Waals surface area contributed by atoms with Gasteiger partial charge in [0.05, 0.1) is 48.1 Å². The maximum Gasteiger partial charge on any atom is 0.406 e. The normalized spacial score (nSPS) is 19.8. The Kier molecular flexibility index (Phi) is 5.05. The number of hydrogen-bond acceptors (Lipinski definition) is 5. The van der Waals surface area contributed by atoms with Gasteiger partial charge in [-0.1, -0.05) is 12.1 Å². The summed E-state index contributed by atoms with van der Waals surface area (Å²) in [5.41, 5.74) is 1.61. The summed E-state index contributed by atoms with van der Waals surface area (Å²) in [4.78, 5) is 19.6. The van der Waals surface area contributed by atoms with Gasteiger partial charge in [-0.2, -0.15) is 18.3 Å². The van der Waals surface area contributed by atoms with Crippen LogP contribution in [0.1, 0.15) is 36.1 Å². The molecule has 0 aliphatic carbocycles. The Hall–Kier alpha value is -2.72. The van der Waals surface area contributed by atoms with E-state index in [1.165, 1.54) is 6.07 Å². The zero-order valence-electron chi connectivity index (χ0n) is 16.8. The van der Waals surface area contributed by atoms with Crippen LogP contribution >= 0.6 is 0 Å². The molecule has 1 unspecified atom stereocenters. The van der Waals surface area contributed by atoms with E-state index in [0.717, 1.165) is 22.4 Å². The molecule has 7 nitrogen and oxygen atoms in total. The Morgan fingerprint density at radius 2 is 2.03 bits per heavy atom. The Balaban J connectivity index is 1.53. The van der Waals surface area contributed by atoms with Gasteiger partial charge in [0.25, 0.3) is 5.56 Å². The lowest BCUT2D eigenvalue weighted by Gasteiger charge is -2.26. The van der Waals surface area contributed by atoms with Crippen LogP contribution in [-0.2, 0) is 31.0 Å². The fourth-order valence-corrected chi connectivity index (χ4v) is 4.52. The highest BCUT2D eigenvalue weighted by Crippen LogP contribution is 2.33. The largest absolute Gasteiger partial charge is 0.406 e. The van der Waals surface area contributed by atoms with Crippen molar-refractivity contribution >= 4 is 10.9 Å². The van der Waals surface area contributed by atoms with E-state index >= 15 is 0 Å². The Morgan fingerprint density at radius 3 is 2.84 bits per heavy atom. The molecule has 0 radical (unpaired) electrons. The molecule has 2 aromatic heterocycles. The standard InChI is InChI=1S/C21H22F3N5O2/c22-21(23,24)13-28-19(25-17-5-2-1-4-16(17)20(28)30)18-6-3-7-27(18)11-14-10-15-12-31-9-8-29(15)26-14/h1-2,4-5,10,18H,3,6-9,11-13H2. The van der Waals surface area contributed by atoms with Gasteiger partial charge in [-0.05, 0) is 37.6 Å². The van der Waals surface area contributed by atoms with Gasteiger partial charge in [0.2, 0.25) is 0 Å². The first-order chi connectivity index (χ1) is 14.9. The number of aromatic nitrogens is 4. The van der Waals surface area contributed by atoms with Crippen molar-refractivity contribution in [2.24, 2.45) is 0 Å². The lowest BCUT2D eigenvalue weighted by Crippen LogP contribution is -2.35. The molecule has 2 aliphatic heterocycles. The van der Waals surface area contributed by atoms with Crippen molar-refractivity contribution < 1.29 is 17.9 Å². The number of likely N-dealkylation sites (tertiary alicyclic amines) is 1. The van der Waals surface area contributed by atoms with Crippen LogP contribution in [0.5, 0.6) is 0 Å². The summed E-state index contributed by atoms with van der Waals surface area (Å²) in [7, 11) is 0. The van der Waals surface area contributed by atoms with E-state index < -0.39 is 18.3 Å². The van der Waals surface area contributed by atoms with Gasteiger partial charge in [-0.25, -0.2) is 4.98 Å². The number of halogens is 3. The molecule has 0 spiro atoms. The minimum Gasteiger partial charge on any atom is -0.373 e. The zero-order valence-corrected chi connectivity index (χ0v) is 16.8. The summed E-state index contributed by atoms with van der Waals surface area (Å²) < 4.78 is 48.2. The second kappa shape index (κ2) is 7.76. The number of fused-ring (bicyclic) bond motifs is 2. The first-order valence-corrected chi connectivity index (χ1v) is 10.3. The monoisotopic (exact) mass is 433 g/mol. The van der Waals surface area contributed by atoms with Gasteiger partial charge < -0.3 is 4.74 Å². The van der Waals surface area contributed by atoms with Crippen LogP contribution in [0.3, 0.4) is 0 Å². The van der Waals surface area contributed by atoms with Crippen molar-refractivity contribution in [3.8, 4) is 0 Å². The first kappa shape index (κ1) is 20.2. The van der Waals surface area contributed by atoms with Crippen molar-refractivity contribution in [3.05, 3.63) is 57.9 Å². The molecule has 0 amide bonds. The number of rotatable bonds is 4. The molecule has 31 heavy (non-hydrogen) atoms. The van der Waals surface area contributed by atoms with Crippen LogP contribution < -0.4 is 5.56 Å². The number of ether oxygens (including phenoxy) is 1. The van der Waals surface area contributed by atoms with E-state index in [1.807, 2.05) is 10.7 Å². The molecule has 1 saturated heterocycles. The van der Waals surface area contributed by atoms with Crippen molar-refractivity contribution in [1.29, 1.82) is 0 Å². The fraction of sp³-hybridized carbons (Fsp3) is 0.476. The number of nitrogens with zero attached hydrogens (tertiary/aromatic N) is 5. The third-order valence-corrected chi connectivity index (χ3v) is 5.87. The zero-order chi connectivity index (χ0) is 21.6. The number of benzene rings is 1. The highest BCUT2D eigenvalue weighted by atomic mass is 19.4. The Labute approximate surface area is 176 Å². The lowest BCUT2D eigenvalue weighted by molar-refractivity contribution is -0.142. The van der Waals surface area contributed by atoms with Gasteiger partial charge in [-0.3, -0.25) is 18.9 Å². The van der Waals surface area contributed by atoms with Crippen LogP contribution in [0.2, 0.25) is 0 Å². The van der Waals surface area contributed by atoms with E-state index in [9.17, 15) is 18.0 Å². The summed E-state index contributed by atoms with van der Waals surface area (Å²) in [5.74, 6) is 0.172. The second-order valence-electron chi connectivity index (χ2n) is 8.02. The molecule has 1 aromatic carbocycles. The molecule has 164 valence electrons. The summed E-state index contributed by atoms with van der Waals surface area (Å²) >= 11 is 0. The van der Waals surface area contributed by atoms with Crippen LogP contribution in [-0.4, -0.2) is 43.6 Å². The van der Waals surface area contributed by atoms with Crippen LogP contribution in [0.15, 0.2) is 35.1 Å². The molecule has 10 heteroatoms. The molecule has 0 bridgehead atoms. The van der Waals surface area contributed by atoms with Gasteiger partial charge in [-0.15, -0.1) is 0 Å². The molecule has 1 fully saturated rings. The smallest absolute Gasteiger partial charge is 0.373 e. The minimum absolute atomic E-state index is 0.172. The number of para-hydroxylation sites is 1. The van der Waals surface area contributed by atoms with E-state index in [-0.39, 0.29) is 17.3 Å². The predicted molar refractivity (Wildman–Crippen MR) is 106 cm³/mol. The minimum atomic E-state index is -4.52. The highest BCUT2D eigenvalue weighted by Gasteiger charge is 2.35. The maximum atomic E-state index is 13.3. The van der Waals surface area contributed by atoms with Crippen LogP contribution in [0.4, 0.5) is 13.2 Å². The molecule has 2 aliphatic rings. The first-order valence-electron chi connectivity index (χ1n) is 10.3. The second-order valence-corrected chi connectivity index (χ2v) is 8.02. The van der Waals surface area contributed by atoms with E-state index in [0.29, 0.717) is 44.8 Å². The van der Waals surface area contributed by atoms with Crippen LogP contribution in [0, 0.1) is 0 Å². The predicted octanol–water partition coefficient (Wildman–Crippen LogP) is 3.02. The SMILES string of the molecule is O=c1c2ccccc2nc(C2CCCN2Cc2cc3n(n2)CCOC3)n1CC(F)(F)F. The number of alkyl halides is 3. The van der Waals surface area contributed by atoms with Crippen molar-refractivity contribution in [2.75, 3.05) is 13.2 Å². The quantitative estimate of drug-likeness (QED) is 0.633. The van der Waals surface area contributed by atoms with Crippen molar-refractivity contribution in [3.63, 3.8) is 0 Å². The summed E-state index contributed by atoms with van der Waals surface area (Å²) in [5, 5.41) is 4.81. The molecule has 1 atom stereocenters. The van der Waals surface area contributed by atoms with Crippen molar-refractivity contribution in [1.82, 2.24) is 24.2 Å². The average Bonchev–Trinajstić information content (AvgIpc) is 3.35. The molecule has 4 heterocycles. The summed E-state index contributed by atoms with van der Waals surface area (Å²) in [6, 6.07) is 8.15. The van der Waals surface area contributed by atoms with E-state index in [1.54, 1.807) is 18.2 Å². The van der Waals surface area contributed by atoms with Gasteiger partial charge in [0.15, 0.2) is 0 Å². The fourth-order valence-electron chi connectivity index (χ4n) is 4.52. The average molecular weight is 433 g/mol. The molecule has 3 aromatic rings. The highest BCUT2D eigenvalue weighted by molar-refractivity contribution is 5.77. The van der Waals surface area contributed by atoms with E-state index in [4.69, 9.17) is 4.74 Å². The molecule has 0 saturated carbocycles. The van der Waals surface area contributed by atoms with Gasteiger partial charge in [0.1, 0.15) is 12.4 Å². The molecule has 0 N–H and O–H groups in total. The lowest BCUT2D eigenvalue weighted by atomic mass is 10.1. The van der Waals surface area contributed by atoms with Gasteiger partial charge >= 0.3 is 6.18 Å². The van der Waals surface area contributed by atoms with Gasteiger partial charge in [0, 0.05) is 6.54 Å². The van der Waals surface area contributed by atoms with E-state index in [2.05, 4.69) is 15.0 Å². The Bertz CT molecular complexity index is 1150.